The van der Waals surface area contributed by atoms with Crippen molar-refractivity contribution in [2.45, 2.75) is 33.1 Å². The monoisotopic (exact) mass is 266 g/mol. The van der Waals surface area contributed by atoms with Crippen LogP contribution in [0.3, 0.4) is 0 Å². The van der Waals surface area contributed by atoms with Gasteiger partial charge >= 0.3 is 11.9 Å². The fourth-order valence-corrected chi connectivity index (χ4v) is 3.55. The molecule has 4 heteroatoms. The molecule has 0 saturated heterocycles. The SMILES string of the molecule is C=C(C)C(=O)OCC(=O)OCC1CC2CC(C)C1C2. The van der Waals surface area contributed by atoms with Gasteiger partial charge in [-0.25, -0.2) is 9.59 Å². The third-order valence-electron chi connectivity index (χ3n) is 4.41. The standard InChI is InChI=1S/C15H22O4/c1-9(2)15(17)19-8-14(16)18-7-12-5-11-4-10(3)13(12)6-11/h10-13H,1,4-8H2,2-3H3. The van der Waals surface area contributed by atoms with Crippen LogP contribution in [0.4, 0.5) is 0 Å². The molecule has 4 unspecified atom stereocenters. The van der Waals surface area contributed by atoms with E-state index in [4.69, 9.17) is 9.47 Å². The van der Waals surface area contributed by atoms with E-state index >= 15 is 0 Å². The number of fused-ring (bicyclic) bond motifs is 2. The minimum atomic E-state index is -0.550. The van der Waals surface area contributed by atoms with Gasteiger partial charge in [0.15, 0.2) is 6.61 Å². The molecule has 0 amide bonds. The molecule has 0 aromatic heterocycles. The average Bonchev–Trinajstić information content (AvgIpc) is 2.91. The largest absolute Gasteiger partial charge is 0.463 e. The first-order valence-electron chi connectivity index (χ1n) is 6.95. The zero-order valence-electron chi connectivity index (χ0n) is 11.7. The lowest BCUT2D eigenvalue weighted by Crippen LogP contribution is -2.25. The van der Waals surface area contributed by atoms with Crippen LogP contribution in [0.5, 0.6) is 0 Å². The molecule has 2 aliphatic rings. The van der Waals surface area contributed by atoms with E-state index in [-0.39, 0.29) is 12.2 Å². The van der Waals surface area contributed by atoms with Crippen LogP contribution in [-0.4, -0.2) is 25.2 Å². The number of esters is 2. The van der Waals surface area contributed by atoms with Gasteiger partial charge in [-0.3, -0.25) is 0 Å². The summed E-state index contributed by atoms with van der Waals surface area (Å²) in [6.45, 7) is 7.43. The summed E-state index contributed by atoms with van der Waals surface area (Å²) in [6, 6.07) is 0. The van der Waals surface area contributed by atoms with Gasteiger partial charge in [0.05, 0.1) is 6.61 Å². The second-order valence-electron chi connectivity index (χ2n) is 6.01. The average molecular weight is 266 g/mol. The Kier molecular flexibility index (Phi) is 4.27. The molecular weight excluding hydrogens is 244 g/mol. The molecule has 0 N–H and O–H groups in total. The Hall–Kier alpha value is -1.32. The van der Waals surface area contributed by atoms with Crippen LogP contribution in [0.25, 0.3) is 0 Å². The van der Waals surface area contributed by atoms with E-state index in [0.29, 0.717) is 18.4 Å². The molecular formula is C15H22O4. The Labute approximate surface area is 114 Å². The van der Waals surface area contributed by atoms with Gasteiger partial charge in [0.2, 0.25) is 0 Å². The first-order chi connectivity index (χ1) is 8.97. The molecule has 4 atom stereocenters. The van der Waals surface area contributed by atoms with Crippen molar-refractivity contribution in [1.82, 2.24) is 0 Å². The molecule has 0 aromatic carbocycles. The highest BCUT2D eigenvalue weighted by Crippen LogP contribution is 2.51. The van der Waals surface area contributed by atoms with E-state index in [1.807, 2.05) is 0 Å². The van der Waals surface area contributed by atoms with Gasteiger partial charge in [0.25, 0.3) is 0 Å². The lowest BCUT2D eigenvalue weighted by Gasteiger charge is -2.26. The fraction of sp³-hybridized carbons (Fsp3) is 0.733. The summed E-state index contributed by atoms with van der Waals surface area (Å²) >= 11 is 0. The van der Waals surface area contributed by atoms with E-state index in [1.165, 1.54) is 19.3 Å². The Morgan fingerprint density at radius 1 is 1.21 bits per heavy atom. The third kappa shape index (κ3) is 3.37. The van der Waals surface area contributed by atoms with Crippen molar-refractivity contribution in [3.8, 4) is 0 Å². The lowest BCUT2D eigenvalue weighted by atomic mass is 9.82. The Morgan fingerprint density at radius 2 is 1.95 bits per heavy atom. The molecule has 0 aromatic rings. The molecule has 2 aliphatic carbocycles. The van der Waals surface area contributed by atoms with Gasteiger partial charge in [-0.15, -0.1) is 0 Å². The maximum absolute atomic E-state index is 11.5. The van der Waals surface area contributed by atoms with Crippen molar-refractivity contribution < 1.29 is 19.1 Å². The van der Waals surface area contributed by atoms with Crippen LogP contribution >= 0.6 is 0 Å². The molecule has 2 saturated carbocycles. The number of hydrogen-bond acceptors (Lipinski definition) is 4. The van der Waals surface area contributed by atoms with Gasteiger partial charge in [-0.05, 0) is 49.9 Å². The van der Waals surface area contributed by atoms with Crippen LogP contribution < -0.4 is 0 Å². The topological polar surface area (TPSA) is 52.6 Å². The van der Waals surface area contributed by atoms with Gasteiger partial charge in [0.1, 0.15) is 0 Å². The van der Waals surface area contributed by atoms with E-state index < -0.39 is 11.9 Å². The van der Waals surface area contributed by atoms with Gasteiger partial charge < -0.3 is 9.47 Å². The molecule has 0 spiro atoms. The molecule has 2 rings (SSSR count). The molecule has 2 fully saturated rings. The zero-order valence-corrected chi connectivity index (χ0v) is 11.7. The molecule has 0 heterocycles. The number of carbonyl (C=O) groups excluding carboxylic acids is 2. The predicted molar refractivity (Wildman–Crippen MR) is 70.2 cm³/mol. The molecule has 0 aliphatic heterocycles. The second kappa shape index (κ2) is 5.76. The summed E-state index contributed by atoms with van der Waals surface area (Å²) in [5.74, 6) is 1.76. The van der Waals surface area contributed by atoms with Crippen LogP contribution in [0, 0.1) is 23.7 Å². The van der Waals surface area contributed by atoms with Crippen LogP contribution in [-0.2, 0) is 19.1 Å². The van der Waals surface area contributed by atoms with Gasteiger partial charge in [-0.1, -0.05) is 13.5 Å². The highest BCUT2D eigenvalue weighted by molar-refractivity contribution is 5.88. The van der Waals surface area contributed by atoms with Crippen molar-refractivity contribution in [3.63, 3.8) is 0 Å². The maximum Gasteiger partial charge on any atom is 0.344 e. The Balaban J connectivity index is 1.67. The normalized spacial score (nSPS) is 32.1. The fourth-order valence-electron chi connectivity index (χ4n) is 3.55. The summed E-state index contributed by atoms with van der Waals surface area (Å²) in [7, 11) is 0. The van der Waals surface area contributed by atoms with Crippen molar-refractivity contribution in [3.05, 3.63) is 12.2 Å². The number of rotatable bonds is 5. The van der Waals surface area contributed by atoms with Crippen molar-refractivity contribution in [1.29, 1.82) is 0 Å². The summed E-state index contributed by atoms with van der Waals surface area (Å²) < 4.78 is 9.96. The molecule has 2 bridgehead atoms. The summed E-state index contributed by atoms with van der Waals surface area (Å²) in [6.07, 6.45) is 3.78. The van der Waals surface area contributed by atoms with E-state index in [2.05, 4.69) is 13.5 Å². The van der Waals surface area contributed by atoms with E-state index in [1.54, 1.807) is 6.92 Å². The predicted octanol–water partition coefficient (Wildman–Crippen LogP) is 2.33. The van der Waals surface area contributed by atoms with E-state index in [0.717, 1.165) is 11.8 Å². The highest BCUT2D eigenvalue weighted by Gasteiger charge is 2.44. The molecule has 4 nitrogen and oxygen atoms in total. The minimum Gasteiger partial charge on any atom is -0.463 e. The zero-order chi connectivity index (χ0) is 14.0. The molecule has 106 valence electrons. The van der Waals surface area contributed by atoms with Crippen LogP contribution in [0.1, 0.15) is 33.1 Å². The highest BCUT2D eigenvalue weighted by atomic mass is 16.6. The molecule has 0 radical (unpaired) electrons. The van der Waals surface area contributed by atoms with Gasteiger partial charge in [0, 0.05) is 5.57 Å². The quantitative estimate of drug-likeness (QED) is 0.566. The first-order valence-corrected chi connectivity index (χ1v) is 6.95. The summed E-state index contributed by atoms with van der Waals surface area (Å²) in [4.78, 5) is 22.6. The Bertz CT molecular complexity index is 388. The van der Waals surface area contributed by atoms with Gasteiger partial charge in [-0.2, -0.15) is 0 Å². The van der Waals surface area contributed by atoms with E-state index in [9.17, 15) is 9.59 Å². The van der Waals surface area contributed by atoms with Crippen LogP contribution in [0.15, 0.2) is 12.2 Å². The summed E-state index contributed by atoms with van der Waals surface area (Å²) in [5.41, 5.74) is 0.287. The lowest BCUT2D eigenvalue weighted by molar-refractivity contribution is -0.158. The molecule has 19 heavy (non-hydrogen) atoms. The first kappa shape index (κ1) is 14.1. The number of carbonyl (C=O) groups is 2. The Morgan fingerprint density at radius 3 is 2.53 bits per heavy atom. The smallest absolute Gasteiger partial charge is 0.344 e. The number of ether oxygens (including phenoxy) is 2. The van der Waals surface area contributed by atoms with Crippen LogP contribution in [0.2, 0.25) is 0 Å². The maximum atomic E-state index is 11.5. The van der Waals surface area contributed by atoms with Crippen molar-refractivity contribution in [2.24, 2.45) is 23.7 Å². The van der Waals surface area contributed by atoms with Crippen molar-refractivity contribution in [2.75, 3.05) is 13.2 Å². The minimum absolute atomic E-state index is 0.287. The second-order valence-corrected chi connectivity index (χ2v) is 6.01. The number of hydrogen-bond donors (Lipinski definition) is 0. The summed E-state index contributed by atoms with van der Waals surface area (Å²) in [5, 5.41) is 0. The van der Waals surface area contributed by atoms with Crippen molar-refractivity contribution >= 4 is 11.9 Å². The third-order valence-corrected chi connectivity index (χ3v) is 4.41.